The van der Waals surface area contributed by atoms with Gasteiger partial charge in [0.15, 0.2) is 0 Å². The molecule has 0 aromatic heterocycles. The van der Waals surface area contributed by atoms with Crippen LogP contribution in [-0.2, 0) is 6.42 Å². The standard InChI is InChI=1S/C19H30N2/c1-15-8-10-19(11-9-15,13-20-3)14-21-16(2)12-17-6-4-5-7-18(17)21/h4-7,15-16,20H,8-14H2,1-3H3. The summed E-state index contributed by atoms with van der Waals surface area (Å²) in [4.78, 5) is 2.68. The molecule has 2 aliphatic rings. The van der Waals surface area contributed by atoms with Crippen molar-refractivity contribution in [3.05, 3.63) is 29.8 Å². The number of para-hydroxylation sites is 1. The monoisotopic (exact) mass is 286 g/mol. The molecule has 1 aliphatic carbocycles. The summed E-state index contributed by atoms with van der Waals surface area (Å²) < 4.78 is 0. The van der Waals surface area contributed by atoms with Crippen LogP contribution in [0.15, 0.2) is 24.3 Å². The van der Waals surface area contributed by atoms with E-state index in [-0.39, 0.29) is 0 Å². The van der Waals surface area contributed by atoms with Crippen molar-refractivity contribution >= 4 is 5.69 Å². The lowest BCUT2D eigenvalue weighted by molar-refractivity contribution is 0.157. The molecule has 1 aromatic rings. The van der Waals surface area contributed by atoms with Crippen LogP contribution in [0, 0.1) is 11.3 Å². The molecule has 3 rings (SSSR count). The van der Waals surface area contributed by atoms with E-state index in [2.05, 4.69) is 55.4 Å². The van der Waals surface area contributed by atoms with Gasteiger partial charge in [-0.2, -0.15) is 0 Å². The SMILES string of the molecule is CNCC1(CN2c3ccccc3CC2C)CCC(C)CC1. The van der Waals surface area contributed by atoms with Gasteiger partial charge in [-0.25, -0.2) is 0 Å². The molecule has 1 aromatic carbocycles. The van der Waals surface area contributed by atoms with Gasteiger partial charge in [0, 0.05) is 30.2 Å². The minimum Gasteiger partial charge on any atom is -0.368 e. The zero-order valence-electron chi connectivity index (χ0n) is 13.9. The second kappa shape index (κ2) is 6.00. The Bertz CT molecular complexity index is 474. The zero-order chi connectivity index (χ0) is 14.9. The minimum atomic E-state index is 0.465. The van der Waals surface area contributed by atoms with Crippen LogP contribution in [-0.4, -0.2) is 26.2 Å². The van der Waals surface area contributed by atoms with Gasteiger partial charge in [0.1, 0.15) is 0 Å². The second-order valence-electron chi connectivity index (χ2n) is 7.52. The summed E-state index contributed by atoms with van der Waals surface area (Å²) >= 11 is 0. The van der Waals surface area contributed by atoms with E-state index in [1.807, 2.05) is 0 Å². The highest BCUT2D eigenvalue weighted by molar-refractivity contribution is 5.59. The Morgan fingerprint density at radius 1 is 1.19 bits per heavy atom. The van der Waals surface area contributed by atoms with Gasteiger partial charge < -0.3 is 10.2 Å². The van der Waals surface area contributed by atoms with Gasteiger partial charge in [0.25, 0.3) is 0 Å². The molecule has 0 amide bonds. The first-order valence-electron chi connectivity index (χ1n) is 8.63. The molecule has 1 N–H and O–H groups in total. The van der Waals surface area contributed by atoms with Crippen LogP contribution in [0.3, 0.4) is 0 Å². The lowest BCUT2D eigenvalue weighted by Gasteiger charge is -2.44. The number of fused-ring (bicyclic) bond motifs is 1. The Balaban J connectivity index is 1.80. The molecule has 1 atom stereocenters. The molecule has 1 heterocycles. The van der Waals surface area contributed by atoms with Gasteiger partial charge in [-0.05, 0) is 50.8 Å². The molecule has 21 heavy (non-hydrogen) atoms. The summed E-state index contributed by atoms with van der Waals surface area (Å²) in [6.45, 7) is 7.18. The normalized spacial score (nSPS) is 32.2. The van der Waals surface area contributed by atoms with Gasteiger partial charge in [-0.15, -0.1) is 0 Å². The van der Waals surface area contributed by atoms with Crippen LogP contribution in [0.25, 0.3) is 0 Å². The number of nitrogens with zero attached hydrogens (tertiary/aromatic N) is 1. The topological polar surface area (TPSA) is 15.3 Å². The number of hydrogen-bond acceptors (Lipinski definition) is 2. The highest BCUT2D eigenvalue weighted by atomic mass is 15.2. The molecular formula is C19H30N2. The molecule has 0 saturated heterocycles. The summed E-state index contributed by atoms with van der Waals surface area (Å²) in [5.41, 5.74) is 3.49. The fourth-order valence-electron chi connectivity index (χ4n) is 4.37. The maximum atomic E-state index is 3.48. The first-order valence-corrected chi connectivity index (χ1v) is 8.63. The molecular weight excluding hydrogens is 256 g/mol. The van der Waals surface area contributed by atoms with E-state index in [4.69, 9.17) is 0 Å². The number of hydrogen-bond donors (Lipinski definition) is 1. The summed E-state index contributed by atoms with van der Waals surface area (Å²) in [5, 5.41) is 3.48. The molecule has 2 heteroatoms. The van der Waals surface area contributed by atoms with Gasteiger partial charge >= 0.3 is 0 Å². The Morgan fingerprint density at radius 3 is 2.62 bits per heavy atom. The Kier molecular flexibility index (Phi) is 4.26. The average Bonchev–Trinajstić information content (AvgIpc) is 2.79. The third-order valence-electron chi connectivity index (χ3n) is 5.74. The van der Waals surface area contributed by atoms with Crippen LogP contribution < -0.4 is 10.2 Å². The lowest BCUT2D eigenvalue weighted by atomic mass is 9.70. The van der Waals surface area contributed by atoms with E-state index < -0.39 is 0 Å². The van der Waals surface area contributed by atoms with E-state index >= 15 is 0 Å². The maximum absolute atomic E-state index is 3.48. The highest BCUT2D eigenvalue weighted by Gasteiger charge is 2.38. The molecule has 0 bridgehead atoms. The fraction of sp³-hybridized carbons (Fsp3) is 0.684. The predicted molar refractivity (Wildman–Crippen MR) is 90.9 cm³/mol. The first kappa shape index (κ1) is 14.9. The quantitative estimate of drug-likeness (QED) is 0.904. The van der Waals surface area contributed by atoms with Crippen LogP contribution in [0.1, 0.15) is 45.1 Å². The van der Waals surface area contributed by atoms with Gasteiger partial charge in [0.05, 0.1) is 0 Å². The summed E-state index contributed by atoms with van der Waals surface area (Å²) in [5.74, 6) is 0.915. The maximum Gasteiger partial charge on any atom is 0.0402 e. The van der Waals surface area contributed by atoms with Crippen LogP contribution in [0.5, 0.6) is 0 Å². The third-order valence-corrected chi connectivity index (χ3v) is 5.74. The summed E-state index contributed by atoms with van der Waals surface area (Å²) in [7, 11) is 2.11. The number of anilines is 1. The molecule has 0 radical (unpaired) electrons. The van der Waals surface area contributed by atoms with Gasteiger partial charge in [-0.1, -0.05) is 38.0 Å². The number of rotatable bonds is 4. The van der Waals surface area contributed by atoms with Gasteiger partial charge in [0.2, 0.25) is 0 Å². The van der Waals surface area contributed by atoms with Crippen molar-refractivity contribution in [2.75, 3.05) is 25.0 Å². The van der Waals surface area contributed by atoms with Crippen molar-refractivity contribution < 1.29 is 0 Å². The van der Waals surface area contributed by atoms with Crippen molar-refractivity contribution in [1.29, 1.82) is 0 Å². The van der Waals surface area contributed by atoms with Crippen LogP contribution in [0.2, 0.25) is 0 Å². The minimum absolute atomic E-state index is 0.465. The van der Waals surface area contributed by atoms with E-state index in [1.165, 1.54) is 49.9 Å². The van der Waals surface area contributed by atoms with Crippen molar-refractivity contribution in [3.63, 3.8) is 0 Å². The van der Waals surface area contributed by atoms with Crippen LogP contribution in [0.4, 0.5) is 5.69 Å². The van der Waals surface area contributed by atoms with E-state index in [9.17, 15) is 0 Å². The predicted octanol–water partition coefficient (Wildman–Crippen LogP) is 3.85. The molecule has 1 aliphatic heterocycles. The van der Waals surface area contributed by atoms with E-state index in [0.29, 0.717) is 11.5 Å². The Hall–Kier alpha value is -1.02. The second-order valence-corrected chi connectivity index (χ2v) is 7.52. The fourth-order valence-corrected chi connectivity index (χ4v) is 4.37. The Labute approximate surface area is 129 Å². The smallest absolute Gasteiger partial charge is 0.0402 e. The van der Waals surface area contributed by atoms with Crippen LogP contribution >= 0.6 is 0 Å². The molecule has 1 saturated carbocycles. The lowest BCUT2D eigenvalue weighted by Crippen LogP contribution is -2.47. The highest BCUT2D eigenvalue weighted by Crippen LogP contribution is 2.42. The number of benzene rings is 1. The summed E-state index contributed by atoms with van der Waals surface area (Å²) in [6.07, 6.45) is 6.75. The molecule has 1 unspecified atom stereocenters. The van der Waals surface area contributed by atoms with E-state index in [1.54, 1.807) is 0 Å². The van der Waals surface area contributed by atoms with Crippen molar-refractivity contribution in [2.45, 2.75) is 52.0 Å². The number of nitrogens with one attached hydrogen (secondary N) is 1. The van der Waals surface area contributed by atoms with E-state index in [0.717, 1.165) is 12.5 Å². The van der Waals surface area contributed by atoms with Crippen molar-refractivity contribution in [2.24, 2.45) is 11.3 Å². The summed E-state index contributed by atoms with van der Waals surface area (Å²) in [6, 6.07) is 9.64. The third kappa shape index (κ3) is 2.96. The zero-order valence-corrected chi connectivity index (χ0v) is 13.9. The molecule has 0 spiro atoms. The largest absolute Gasteiger partial charge is 0.368 e. The molecule has 2 nitrogen and oxygen atoms in total. The van der Waals surface area contributed by atoms with Crippen molar-refractivity contribution in [3.8, 4) is 0 Å². The Morgan fingerprint density at radius 2 is 1.90 bits per heavy atom. The molecule has 116 valence electrons. The average molecular weight is 286 g/mol. The molecule has 1 fully saturated rings. The first-order chi connectivity index (χ1) is 10.1. The van der Waals surface area contributed by atoms with Gasteiger partial charge in [-0.3, -0.25) is 0 Å². The van der Waals surface area contributed by atoms with Crippen molar-refractivity contribution in [1.82, 2.24) is 5.32 Å².